The van der Waals surface area contributed by atoms with Gasteiger partial charge in [-0.25, -0.2) is 8.42 Å². The molecule has 0 fully saturated rings. The molecule has 4 rings (SSSR count). The van der Waals surface area contributed by atoms with Crippen molar-refractivity contribution in [3.8, 4) is 5.75 Å². The van der Waals surface area contributed by atoms with Gasteiger partial charge in [0.15, 0.2) is 0 Å². The topological polar surface area (TPSA) is 112 Å². The second-order valence-corrected chi connectivity index (χ2v) is 11.9. The Kier molecular flexibility index (Phi) is 9.06. The molecule has 0 bridgehead atoms. The monoisotopic (exact) mass is 549 g/mol. The van der Waals surface area contributed by atoms with E-state index in [-0.39, 0.29) is 29.8 Å². The molecule has 2 atom stereocenters. The molecule has 0 saturated heterocycles. The zero-order chi connectivity index (χ0) is 28.0. The normalized spacial score (nSPS) is 13.5. The Bertz CT molecular complexity index is 1480. The minimum Gasteiger partial charge on any atom is -0.497 e. The van der Waals surface area contributed by atoms with E-state index in [1.165, 1.54) is 23.5 Å². The fourth-order valence-corrected chi connectivity index (χ4v) is 6.13. The van der Waals surface area contributed by atoms with E-state index in [0.29, 0.717) is 17.7 Å². The molecule has 9 heteroatoms. The van der Waals surface area contributed by atoms with Crippen LogP contribution in [-0.2, 0) is 16.4 Å². The summed E-state index contributed by atoms with van der Waals surface area (Å²) < 4.78 is 33.7. The van der Waals surface area contributed by atoms with Gasteiger partial charge >= 0.3 is 0 Å². The van der Waals surface area contributed by atoms with Crippen molar-refractivity contribution in [2.24, 2.45) is 5.92 Å². The van der Waals surface area contributed by atoms with Crippen LogP contribution in [0.1, 0.15) is 29.8 Å². The number of aliphatic hydroxyl groups is 1. The first-order valence-corrected chi connectivity index (χ1v) is 14.4. The lowest BCUT2D eigenvalue weighted by Crippen LogP contribution is -2.51. The molecule has 3 N–H and O–H groups in total. The van der Waals surface area contributed by atoms with E-state index in [1.807, 2.05) is 56.3 Å². The maximum Gasteiger partial charge on any atom is 0.251 e. The van der Waals surface area contributed by atoms with E-state index >= 15 is 0 Å². The third-order valence-electron chi connectivity index (χ3n) is 6.55. The van der Waals surface area contributed by atoms with Gasteiger partial charge in [0.25, 0.3) is 5.91 Å². The van der Waals surface area contributed by atoms with Gasteiger partial charge in [0, 0.05) is 35.8 Å². The lowest BCUT2D eigenvalue weighted by atomic mass is 10.00. The van der Waals surface area contributed by atoms with Gasteiger partial charge in [-0.2, -0.15) is 4.31 Å². The Morgan fingerprint density at radius 3 is 2.38 bits per heavy atom. The number of amides is 1. The maximum atomic E-state index is 13.6. The molecule has 8 nitrogen and oxygen atoms in total. The van der Waals surface area contributed by atoms with Crippen LogP contribution in [-0.4, -0.2) is 61.1 Å². The SMILES string of the molecule is COc1ccc(S(=O)(=O)N(CC(C)C)C[C@@H](O)[C@H](Cc2ccccc2)NC(=O)c2ccc3[nH]ccc3c2)cc1. The van der Waals surface area contributed by atoms with Crippen LogP contribution in [0.3, 0.4) is 0 Å². The molecule has 0 aliphatic heterocycles. The smallest absolute Gasteiger partial charge is 0.251 e. The number of nitrogens with zero attached hydrogens (tertiary/aromatic N) is 1. The van der Waals surface area contributed by atoms with Crippen molar-refractivity contribution in [1.82, 2.24) is 14.6 Å². The Morgan fingerprint density at radius 2 is 1.72 bits per heavy atom. The summed E-state index contributed by atoms with van der Waals surface area (Å²) >= 11 is 0. The molecule has 0 unspecified atom stereocenters. The maximum absolute atomic E-state index is 13.6. The van der Waals surface area contributed by atoms with Gasteiger partial charge in [-0.1, -0.05) is 44.2 Å². The quantitative estimate of drug-likeness (QED) is 0.245. The second kappa shape index (κ2) is 12.5. The zero-order valence-corrected chi connectivity index (χ0v) is 23.2. The summed E-state index contributed by atoms with van der Waals surface area (Å²) in [6.45, 7) is 3.87. The number of H-pyrrole nitrogens is 1. The molecule has 0 aliphatic carbocycles. The third-order valence-corrected chi connectivity index (χ3v) is 8.40. The van der Waals surface area contributed by atoms with Crippen molar-refractivity contribution in [3.63, 3.8) is 0 Å². The van der Waals surface area contributed by atoms with Gasteiger partial charge in [0.1, 0.15) is 5.75 Å². The highest BCUT2D eigenvalue weighted by molar-refractivity contribution is 7.89. The number of rotatable bonds is 12. The lowest BCUT2D eigenvalue weighted by Gasteiger charge is -2.31. The van der Waals surface area contributed by atoms with E-state index in [4.69, 9.17) is 4.74 Å². The molecule has 206 valence electrons. The minimum atomic E-state index is -3.92. The van der Waals surface area contributed by atoms with Crippen LogP contribution < -0.4 is 10.1 Å². The van der Waals surface area contributed by atoms with Gasteiger partial charge < -0.3 is 20.1 Å². The number of aromatic amines is 1. The highest BCUT2D eigenvalue weighted by atomic mass is 32.2. The Balaban J connectivity index is 1.60. The van der Waals surface area contributed by atoms with Crippen molar-refractivity contribution in [2.75, 3.05) is 20.2 Å². The standard InChI is InChI=1S/C30H35N3O5S/c1-21(2)19-33(39(36,37)26-12-10-25(38-3)11-13-26)20-29(34)28(17-22-7-5-4-6-8-22)32-30(35)24-9-14-27-23(18-24)15-16-31-27/h4-16,18,21,28-29,31,34H,17,19-20H2,1-3H3,(H,32,35)/t28-,29+/m0/s1. The largest absolute Gasteiger partial charge is 0.497 e. The Hall–Kier alpha value is -3.66. The fraction of sp³-hybridized carbons (Fsp3) is 0.300. The van der Waals surface area contributed by atoms with Crippen LogP contribution in [0.2, 0.25) is 0 Å². The van der Waals surface area contributed by atoms with Crippen LogP contribution in [0.25, 0.3) is 10.9 Å². The highest BCUT2D eigenvalue weighted by Gasteiger charge is 2.31. The predicted octanol–water partition coefficient (Wildman–Crippen LogP) is 4.23. The first-order valence-electron chi connectivity index (χ1n) is 12.9. The number of hydrogen-bond donors (Lipinski definition) is 3. The first-order chi connectivity index (χ1) is 18.7. The number of carbonyl (C=O) groups excluding carboxylic acids is 1. The van der Waals surface area contributed by atoms with E-state index in [2.05, 4.69) is 10.3 Å². The molecule has 1 amide bonds. The third kappa shape index (κ3) is 7.06. The predicted molar refractivity (Wildman–Crippen MR) is 152 cm³/mol. The molecule has 0 radical (unpaired) electrons. The summed E-state index contributed by atoms with van der Waals surface area (Å²) in [5.74, 6) is 0.222. The average Bonchev–Trinajstić information content (AvgIpc) is 3.40. The zero-order valence-electron chi connectivity index (χ0n) is 22.4. The molecular weight excluding hydrogens is 514 g/mol. The second-order valence-electron chi connectivity index (χ2n) is 10.0. The number of fused-ring (bicyclic) bond motifs is 1. The summed E-state index contributed by atoms with van der Waals surface area (Å²) in [5, 5.41) is 15.3. The van der Waals surface area contributed by atoms with E-state index in [0.717, 1.165) is 16.5 Å². The number of benzene rings is 3. The Labute approximate surface area is 229 Å². The van der Waals surface area contributed by atoms with Crippen LogP contribution in [0, 0.1) is 5.92 Å². The lowest BCUT2D eigenvalue weighted by molar-refractivity contribution is 0.0776. The number of nitrogens with one attached hydrogen (secondary N) is 2. The van der Waals surface area contributed by atoms with Crippen LogP contribution in [0.5, 0.6) is 5.75 Å². The average molecular weight is 550 g/mol. The number of carbonyl (C=O) groups is 1. The number of methoxy groups -OCH3 is 1. The highest BCUT2D eigenvalue weighted by Crippen LogP contribution is 2.22. The molecule has 0 saturated carbocycles. The van der Waals surface area contributed by atoms with Crippen molar-refractivity contribution in [1.29, 1.82) is 0 Å². The summed E-state index contributed by atoms with van der Waals surface area (Å²) in [4.78, 5) is 16.5. The van der Waals surface area contributed by atoms with Crippen molar-refractivity contribution < 1.29 is 23.1 Å². The molecule has 1 aromatic heterocycles. The van der Waals surface area contributed by atoms with Crippen LogP contribution in [0.4, 0.5) is 0 Å². The van der Waals surface area contributed by atoms with Gasteiger partial charge in [-0.15, -0.1) is 0 Å². The molecule has 3 aromatic carbocycles. The molecule has 0 aliphatic rings. The summed E-state index contributed by atoms with van der Waals surface area (Å²) in [6.07, 6.45) is 0.969. The number of aromatic nitrogens is 1. The van der Waals surface area contributed by atoms with Crippen LogP contribution >= 0.6 is 0 Å². The van der Waals surface area contributed by atoms with Crippen molar-refractivity contribution in [2.45, 2.75) is 37.3 Å². The molecule has 0 spiro atoms. The molecular formula is C30H35N3O5S. The molecule has 4 aromatic rings. The van der Waals surface area contributed by atoms with Gasteiger partial charge in [0.2, 0.25) is 10.0 Å². The number of hydrogen-bond acceptors (Lipinski definition) is 5. The number of sulfonamides is 1. The molecule has 1 heterocycles. The minimum absolute atomic E-state index is 0.0143. The summed E-state index contributed by atoms with van der Waals surface area (Å²) in [7, 11) is -2.40. The van der Waals surface area contributed by atoms with E-state index in [1.54, 1.807) is 30.5 Å². The number of aliphatic hydroxyl groups excluding tert-OH is 1. The van der Waals surface area contributed by atoms with E-state index < -0.39 is 22.2 Å². The van der Waals surface area contributed by atoms with Gasteiger partial charge in [0.05, 0.1) is 24.2 Å². The van der Waals surface area contributed by atoms with Crippen LogP contribution in [0.15, 0.2) is 90.0 Å². The van der Waals surface area contributed by atoms with Gasteiger partial charge in [-0.05, 0) is 66.4 Å². The molecule has 39 heavy (non-hydrogen) atoms. The van der Waals surface area contributed by atoms with Crippen molar-refractivity contribution >= 4 is 26.8 Å². The van der Waals surface area contributed by atoms with Gasteiger partial charge in [-0.3, -0.25) is 4.79 Å². The summed E-state index contributed by atoms with van der Waals surface area (Å²) in [5.41, 5.74) is 2.29. The number of ether oxygens (including phenoxy) is 1. The van der Waals surface area contributed by atoms with E-state index in [9.17, 15) is 18.3 Å². The first kappa shape index (κ1) is 28.4. The van der Waals surface area contributed by atoms with Crippen molar-refractivity contribution in [3.05, 3.63) is 96.2 Å². The Morgan fingerprint density at radius 1 is 1.00 bits per heavy atom. The fourth-order valence-electron chi connectivity index (χ4n) is 4.51. The summed E-state index contributed by atoms with van der Waals surface area (Å²) in [6, 6.07) is 22.2.